The highest BCUT2D eigenvalue weighted by Gasteiger charge is 2.15. The summed E-state index contributed by atoms with van der Waals surface area (Å²) < 4.78 is 0. The molecule has 1 aliphatic carbocycles. The second-order valence-electron chi connectivity index (χ2n) is 3.51. The Balaban J connectivity index is 2.10. The highest BCUT2D eigenvalue weighted by molar-refractivity contribution is 5.87. The minimum absolute atomic E-state index is 1.02. The van der Waals surface area contributed by atoms with Gasteiger partial charge in [0.1, 0.15) is 11.4 Å². The van der Waals surface area contributed by atoms with Gasteiger partial charge in [0.15, 0.2) is 0 Å². The van der Waals surface area contributed by atoms with Gasteiger partial charge in [-0.1, -0.05) is 30.4 Å². The van der Waals surface area contributed by atoms with Crippen LogP contribution in [-0.2, 0) is 0 Å². The molecule has 2 nitrogen and oxygen atoms in total. The van der Waals surface area contributed by atoms with Crippen LogP contribution in [0.15, 0.2) is 46.7 Å². The van der Waals surface area contributed by atoms with Crippen LogP contribution in [-0.4, -0.2) is 0 Å². The van der Waals surface area contributed by atoms with E-state index >= 15 is 0 Å². The van der Waals surface area contributed by atoms with Crippen molar-refractivity contribution in [1.29, 1.82) is 0 Å². The first kappa shape index (κ1) is 7.68. The van der Waals surface area contributed by atoms with Crippen molar-refractivity contribution in [3.8, 4) is 0 Å². The van der Waals surface area contributed by atoms with Crippen molar-refractivity contribution in [2.24, 2.45) is 10.2 Å². The van der Waals surface area contributed by atoms with Gasteiger partial charge in [-0.15, -0.1) is 10.2 Å². The average Bonchev–Trinajstić information content (AvgIpc) is 2.21. The molecule has 1 heterocycles. The third-order valence-electron chi connectivity index (χ3n) is 2.58. The fourth-order valence-electron chi connectivity index (χ4n) is 1.82. The molecule has 0 unspecified atom stereocenters. The zero-order valence-corrected chi connectivity index (χ0v) is 7.77. The van der Waals surface area contributed by atoms with Crippen molar-refractivity contribution in [1.82, 2.24) is 0 Å². The Morgan fingerprint density at radius 1 is 1.07 bits per heavy atom. The number of hydrogen-bond acceptors (Lipinski definition) is 2. The minimum atomic E-state index is 1.02. The Labute approximate surface area is 82.7 Å². The quantitative estimate of drug-likeness (QED) is 0.633. The van der Waals surface area contributed by atoms with Gasteiger partial charge in [0.25, 0.3) is 0 Å². The lowest BCUT2D eigenvalue weighted by Crippen LogP contribution is -1.89. The molecule has 0 spiro atoms. The predicted molar refractivity (Wildman–Crippen MR) is 57.0 cm³/mol. The highest BCUT2D eigenvalue weighted by atomic mass is 15.2. The van der Waals surface area contributed by atoms with Crippen LogP contribution in [0.2, 0.25) is 0 Å². The molecule has 0 amide bonds. The molecule has 3 rings (SSSR count). The molecule has 1 aliphatic heterocycles. The summed E-state index contributed by atoms with van der Waals surface area (Å²) >= 11 is 0. The molecule has 0 saturated heterocycles. The minimum Gasteiger partial charge on any atom is -0.148 e. The Morgan fingerprint density at radius 2 is 2.07 bits per heavy atom. The zero-order valence-electron chi connectivity index (χ0n) is 7.77. The molecule has 68 valence electrons. The molecular formula is C12H10N2. The number of azo groups is 1. The van der Waals surface area contributed by atoms with Gasteiger partial charge in [0.05, 0.1) is 0 Å². The molecule has 0 saturated carbocycles. The molecule has 1 aromatic rings. The van der Waals surface area contributed by atoms with E-state index < -0.39 is 0 Å². The van der Waals surface area contributed by atoms with E-state index in [9.17, 15) is 0 Å². The largest absolute Gasteiger partial charge is 0.148 e. The van der Waals surface area contributed by atoms with E-state index in [1.807, 2.05) is 12.1 Å². The maximum atomic E-state index is 4.06. The maximum Gasteiger partial charge on any atom is 0.121 e. The van der Waals surface area contributed by atoms with Crippen molar-refractivity contribution in [3.63, 3.8) is 0 Å². The van der Waals surface area contributed by atoms with Gasteiger partial charge in [0, 0.05) is 5.56 Å². The van der Waals surface area contributed by atoms with Crippen LogP contribution in [0.3, 0.4) is 0 Å². The topological polar surface area (TPSA) is 24.7 Å². The van der Waals surface area contributed by atoms with Crippen LogP contribution in [0.1, 0.15) is 18.4 Å². The summed E-state index contributed by atoms with van der Waals surface area (Å²) in [5.74, 6) is 0. The molecule has 2 aliphatic rings. The van der Waals surface area contributed by atoms with Crippen LogP contribution >= 0.6 is 0 Å². The van der Waals surface area contributed by atoms with Gasteiger partial charge in [0.2, 0.25) is 0 Å². The third kappa shape index (κ3) is 1.04. The highest BCUT2D eigenvalue weighted by Crippen LogP contribution is 2.43. The number of nitrogens with zero attached hydrogens (tertiary/aromatic N) is 2. The lowest BCUT2D eigenvalue weighted by Gasteiger charge is -2.14. The molecule has 0 radical (unpaired) electrons. The van der Waals surface area contributed by atoms with E-state index in [0.717, 1.165) is 24.2 Å². The first-order chi connectivity index (χ1) is 6.95. The Bertz CT molecular complexity index is 467. The maximum absolute atomic E-state index is 4.06. The summed E-state index contributed by atoms with van der Waals surface area (Å²) in [7, 11) is 0. The Kier molecular flexibility index (Phi) is 1.60. The number of rotatable bonds is 1. The van der Waals surface area contributed by atoms with E-state index in [4.69, 9.17) is 0 Å². The lowest BCUT2D eigenvalue weighted by molar-refractivity contribution is 1.04. The first-order valence-electron chi connectivity index (χ1n) is 4.87. The van der Waals surface area contributed by atoms with Gasteiger partial charge in [-0.2, -0.15) is 0 Å². The number of allylic oxidation sites excluding steroid dienone is 4. The smallest absolute Gasteiger partial charge is 0.121 e. The molecule has 2 heteroatoms. The summed E-state index contributed by atoms with van der Waals surface area (Å²) in [6.45, 7) is 0. The number of benzene rings is 1. The number of hydrogen-bond donors (Lipinski definition) is 0. The monoisotopic (exact) mass is 182 g/mol. The SMILES string of the molecule is C1=CC(c2cccc3c2N=N3)=CCC1. The van der Waals surface area contributed by atoms with Crippen LogP contribution in [0.5, 0.6) is 0 Å². The normalized spacial score (nSPS) is 17.3. The standard InChI is InChI=1S/C12H10N2/c1-2-5-9(6-3-1)10-7-4-8-11-12(10)14-13-11/h2,4-8H,1,3H2. The van der Waals surface area contributed by atoms with Crippen LogP contribution in [0, 0.1) is 0 Å². The van der Waals surface area contributed by atoms with Crippen LogP contribution in [0.4, 0.5) is 11.4 Å². The van der Waals surface area contributed by atoms with E-state index in [2.05, 4.69) is 34.5 Å². The molecular weight excluding hydrogens is 172 g/mol. The Hall–Kier alpha value is -1.70. The molecule has 0 fully saturated rings. The van der Waals surface area contributed by atoms with Crippen LogP contribution in [0.25, 0.3) is 5.57 Å². The second-order valence-corrected chi connectivity index (χ2v) is 3.51. The van der Waals surface area contributed by atoms with Crippen molar-refractivity contribution in [3.05, 3.63) is 42.0 Å². The number of fused-ring (bicyclic) bond motifs is 1. The van der Waals surface area contributed by atoms with Crippen molar-refractivity contribution >= 4 is 16.9 Å². The van der Waals surface area contributed by atoms with E-state index in [-0.39, 0.29) is 0 Å². The fraction of sp³-hybridized carbons (Fsp3) is 0.167. The van der Waals surface area contributed by atoms with Crippen molar-refractivity contribution in [2.75, 3.05) is 0 Å². The summed E-state index contributed by atoms with van der Waals surface area (Å²) in [4.78, 5) is 0. The van der Waals surface area contributed by atoms with Gasteiger partial charge in [-0.25, -0.2) is 0 Å². The lowest BCUT2D eigenvalue weighted by atomic mass is 9.97. The third-order valence-corrected chi connectivity index (χ3v) is 2.58. The fourth-order valence-corrected chi connectivity index (χ4v) is 1.82. The van der Waals surface area contributed by atoms with E-state index in [0.29, 0.717) is 0 Å². The molecule has 1 aromatic carbocycles. The van der Waals surface area contributed by atoms with Crippen LogP contribution < -0.4 is 0 Å². The molecule has 0 bridgehead atoms. The molecule has 14 heavy (non-hydrogen) atoms. The van der Waals surface area contributed by atoms with E-state index in [1.54, 1.807) is 0 Å². The van der Waals surface area contributed by atoms with Gasteiger partial charge >= 0.3 is 0 Å². The van der Waals surface area contributed by atoms with Gasteiger partial charge in [-0.05, 0) is 24.5 Å². The van der Waals surface area contributed by atoms with Crippen molar-refractivity contribution < 1.29 is 0 Å². The molecule has 0 atom stereocenters. The average molecular weight is 182 g/mol. The second kappa shape index (κ2) is 2.91. The molecule has 0 N–H and O–H groups in total. The summed E-state index contributed by atoms with van der Waals surface area (Å²) in [5, 5.41) is 8.02. The van der Waals surface area contributed by atoms with E-state index in [1.165, 1.54) is 11.1 Å². The van der Waals surface area contributed by atoms with Gasteiger partial charge < -0.3 is 0 Å². The summed E-state index contributed by atoms with van der Waals surface area (Å²) in [6.07, 6.45) is 8.94. The zero-order chi connectivity index (χ0) is 9.38. The summed E-state index contributed by atoms with van der Waals surface area (Å²) in [6, 6.07) is 6.15. The Morgan fingerprint density at radius 3 is 2.79 bits per heavy atom. The predicted octanol–water partition coefficient (Wildman–Crippen LogP) is 4.15. The van der Waals surface area contributed by atoms with Gasteiger partial charge in [-0.3, -0.25) is 0 Å². The summed E-state index contributed by atoms with van der Waals surface area (Å²) in [5.41, 5.74) is 4.56. The van der Waals surface area contributed by atoms with Crippen molar-refractivity contribution in [2.45, 2.75) is 12.8 Å². The first-order valence-corrected chi connectivity index (χ1v) is 4.87. The molecule has 0 aromatic heterocycles.